The quantitative estimate of drug-likeness (QED) is 0.286. The van der Waals surface area contributed by atoms with E-state index >= 15 is 0 Å². The van der Waals surface area contributed by atoms with E-state index in [9.17, 15) is 14.4 Å². The molecule has 6 nitrogen and oxygen atoms in total. The van der Waals surface area contributed by atoms with Crippen LogP contribution in [0.15, 0.2) is 0 Å². The van der Waals surface area contributed by atoms with E-state index in [0.29, 0.717) is 6.42 Å². The molecule has 0 saturated carbocycles. The number of carboxylic acids is 2. The third kappa shape index (κ3) is 16.9. The van der Waals surface area contributed by atoms with Crippen molar-refractivity contribution in [2.75, 3.05) is 0 Å². The van der Waals surface area contributed by atoms with Gasteiger partial charge in [-0.2, -0.15) is 0 Å². The van der Waals surface area contributed by atoms with Crippen LogP contribution in [-0.4, -0.2) is 34.1 Å². The topological polar surface area (TPSA) is 104 Å². The van der Waals surface area contributed by atoms with Gasteiger partial charge in [-0.05, 0) is 12.8 Å². The van der Waals surface area contributed by atoms with Crippen molar-refractivity contribution in [3.63, 3.8) is 0 Å². The number of carbonyl (C=O) groups is 3. The van der Waals surface area contributed by atoms with Crippen LogP contribution in [0.1, 0.15) is 84.0 Å². The first-order chi connectivity index (χ1) is 11.0. The maximum Gasteiger partial charge on any atom is 1.00 e. The molecule has 0 aromatic rings. The third-order valence-corrected chi connectivity index (χ3v) is 3.79. The van der Waals surface area contributed by atoms with Gasteiger partial charge in [0.15, 0.2) is 0 Å². The van der Waals surface area contributed by atoms with E-state index in [4.69, 9.17) is 10.2 Å². The van der Waals surface area contributed by atoms with Crippen LogP contribution in [0.2, 0.25) is 0 Å². The monoisotopic (exact) mass is 368 g/mol. The van der Waals surface area contributed by atoms with E-state index in [1.807, 2.05) is 0 Å². The molecule has 0 bridgehead atoms. The van der Waals surface area contributed by atoms with Gasteiger partial charge >= 0.3 is 63.3 Å². The number of amides is 1. The van der Waals surface area contributed by atoms with Gasteiger partial charge in [-0.15, -0.1) is 0 Å². The van der Waals surface area contributed by atoms with E-state index in [1.165, 1.54) is 38.5 Å². The summed E-state index contributed by atoms with van der Waals surface area (Å²) in [7, 11) is 0. The smallest absolute Gasteiger partial charge is 0.481 e. The van der Waals surface area contributed by atoms with Gasteiger partial charge in [0, 0.05) is 12.8 Å². The van der Waals surface area contributed by atoms with E-state index < -0.39 is 18.0 Å². The minimum Gasteiger partial charge on any atom is -0.481 e. The standard InChI is InChI=1S/C17H31NO5.K/c1-2-3-4-5-6-7-8-9-10-11-15(19)18-14(17(22)23)12-13-16(20)21;/h14H,2-13H2,1H3,(H,18,19)(H,20,21)(H,22,23);/q;+1/t14-;/m0./s1. The Labute approximate surface area is 187 Å². The molecule has 0 radical (unpaired) electrons. The van der Waals surface area contributed by atoms with Crippen molar-refractivity contribution in [1.29, 1.82) is 0 Å². The first-order valence-electron chi connectivity index (χ1n) is 8.71. The number of carboxylic acid groups (broad SMARTS) is 2. The van der Waals surface area contributed by atoms with Crippen molar-refractivity contribution in [2.24, 2.45) is 0 Å². The Bertz CT molecular complexity index is 363. The molecule has 24 heavy (non-hydrogen) atoms. The second kappa shape index (κ2) is 17.9. The van der Waals surface area contributed by atoms with Crippen molar-refractivity contribution in [3.8, 4) is 0 Å². The van der Waals surface area contributed by atoms with Crippen LogP contribution in [0, 0.1) is 0 Å². The zero-order valence-electron chi connectivity index (χ0n) is 15.2. The van der Waals surface area contributed by atoms with Crippen molar-refractivity contribution in [2.45, 2.75) is 90.0 Å². The van der Waals surface area contributed by atoms with Crippen LogP contribution in [0.4, 0.5) is 0 Å². The summed E-state index contributed by atoms with van der Waals surface area (Å²) in [6, 6.07) is -1.11. The molecule has 0 aliphatic heterocycles. The molecule has 0 spiro atoms. The van der Waals surface area contributed by atoms with Crippen LogP contribution in [0.25, 0.3) is 0 Å². The number of rotatable bonds is 15. The number of nitrogens with one attached hydrogen (secondary N) is 1. The molecule has 0 aromatic heterocycles. The largest absolute Gasteiger partial charge is 1.00 e. The summed E-state index contributed by atoms with van der Waals surface area (Å²) < 4.78 is 0. The molecule has 0 aliphatic rings. The Morgan fingerprint density at radius 1 is 0.833 bits per heavy atom. The summed E-state index contributed by atoms with van der Waals surface area (Å²) in [6.07, 6.45) is 10.3. The molecule has 0 saturated heterocycles. The van der Waals surface area contributed by atoms with Gasteiger partial charge in [-0.3, -0.25) is 9.59 Å². The molecule has 0 unspecified atom stereocenters. The Kier molecular flexibility index (Phi) is 19.6. The molecule has 7 heteroatoms. The van der Waals surface area contributed by atoms with Crippen molar-refractivity contribution >= 4 is 17.8 Å². The van der Waals surface area contributed by atoms with Gasteiger partial charge in [0.05, 0.1) is 0 Å². The third-order valence-electron chi connectivity index (χ3n) is 3.79. The molecular formula is C17H31KNO5+. The van der Waals surface area contributed by atoms with Gasteiger partial charge < -0.3 is 15.5 Å². The molecule has 0 heterocycles. The second-order valence-electron chi connectivity index (χ2n) is 5.97. The maximum atomic E-state index is 11.7. The van der Waals surface area contributed by atoms with Crippen molar-refractivity contribution in [3.05, 3.63) is 0 Å². The van der Waals surface area contributed by atoms with Gasteiger partial charge in [0.25, 0.3) is 0 Å². The Morgan fingerprint density at radius 2 is 1.33 bits per heavy atom. The minimum atomic E-state index is -1.19. The molecule has 1 atom stereocenters. The van der Waals surface area contributed by atoms with Gasteiger partial charge in [0.2, 0.25) is 5.91 Å². The second-order valence-corrected chi connectivity index (χ2v) is 5.97. The first kappa shape index (κ1) is 26.3. The van der Waals surface area contributed by atoms with Crippen molar-refractivity contribution in [1.82, 2.24) is 5.32 Å². The molecule has 0 fully saturated rings. The normalized spacial score (nSPS) is 11.4. The minimum absolute atomic E-state index is 0. The summed E-state index contributed by atoms with van der Waals surface area (Å²) in [5.41, 5.74) is 0. The molecular weight excluding hydrogens is 337 g/mol. The SMILES string of the molecule is CCCCCCCCCCCC(=O)N[C@@H](CCC(=O)O)C(=O)O.[K+]. The predicted molar refractivity (Wildman–Crippen MR) is 88.3 cm³/mol. The first-order valence-corrected chi connectivity index (χ1v) is 8.71. The Morgan fingerprint density at radius 3 is 1.79 bits per heavy atom. The predicted octanol–water partition coefficient (Wildman–Crippen LogP) is 0.346. The maximum absolute atomic E-state index is 11.7. The molecule has 134 valence electrons. The van der Waals surface area contributed by atoms with Crippen molar-refractivity contribution < 1.29 is 76.0 Å². The average molecular weight is 369 g/mol. The van der Waals surface area contributed by atoms with E-state index in [2.05, 4.69) is 12.2 Å². The Balaban J connectivity index is 0. The summed E-state index contributed by atoms with van der Waals surface area (Å²) >= 11 is 0. The van der Waals surface area contributed by atoms with E-state index in [0.717, 1.165) is 19.3 Å². The average Bonchev–Trinajstić information content (AvgIpc) is 2.49. The van der Waals surface area contributed by atoms with E-state index in [-0.39, 0.29) is 70.1 Å². The summed E-state index contributed by atoms with van der Waals surface area (Å²) in [6.45, 7) is 2.20. The fraction of sp³-hybridized carbons (Fsp3) is 0.824. The number of carbonyl (C=O) groups excluding carboxylic acids is 1. The number of hydrogen-bond donors (Lipinski definition) is 3. The zero-order chi connectivity index (χ0) is 17.5. The van der Waals surface area contributed by atoms with Crippen LogP contribution in [0.3, 0.4) is 0 Å². The van der Waals surface area contributed by atoms with Gasteiger partial charge in [0.1, 0.15) is 6.04 Å². The van der Waals surface area contributed by atoms with Crippen LogP contribution in [-0.2, 0) is 14.4 Å². The molecule has 3 N–H and O–H groups in total. The van der Waals surface area contributed by atoms with Crippen LogP contribution < -0.4 is 56.7 Å². The number of hydrogen-bond acceptors (Lipinski definition) is 3. The van der Waals surface area contributed by atoms with Gasteiger partial charge in [-0.25, -0.2) is 4.79 Å². The van der Waals surface area contributed by atoms with Crippen LogP contribution in [0.5, 0.6) is 0 Å². The molecule has 0 rings (SSSR count). The van der Waals surface area contributed by atoms with Gasteiger partial charge in [-0.1, -0.05) is 58.3 Å². The molecule has 1 amide bonds. The van der Waals surface area contributed by atoms with Crippen LogP contribution >= 0.6 is 0 Å². The number of unbranched alkanes of at least 4 members (excludes halogenated alkanes) is 8. The number of aliphatic carboxylic acids is 2. The molecule has 0 aliphatic carbocycles. The summed E-state index contributed by atoms with van der Waals surface area (Å²) in [5.74, 6) is -2.57. The molecule has 0 aromatic carbocycles. The summed E-state index contributed by atoms with van der Waals surface area (Å²) in [4.78, 5) is 33.1. The fourth-order valence-electron chi connectivity index (χ4n) is 2.39. The summed E-state index contributed by atoms with van der Waals surface area (Å²) in [5, 5.41) is 19.9. The fourth-order valence-corrected chi connectivity index (χ4v) is 2.39. The zero-order valence-corrected chi connectivity index (χ0v) is 18.3. The Hall–Kier alpha value is 0.0464. The van der Waals surface area contributed by atoms with E-state index in [1.54, 1.807) is 0 Å².